The zero-order chi connectivity index (χ0) is 95.1. The molecule has 0 N–H and O–H groups in total. The molecule has 0 fully saturated rings. The fraction of sp³-hybridized carbons (Fsp3) is 0.685. The molecule has 2 unspecified atom stereocenters. The van der Waals surface area contributed by atoms with E-state index in [1.165, 1.54) is 0 Å². The Bertz CT molecular complexity index is 4060. The number of fused-ring (bicyclic) bond motifs is 8. The Hall–Kier alpha value is -5.95. The summed E-state index contributed by atoms with van der Waals surface area (Å²) in [7, 11) is -8.76. The molecule has 3 aromatic rings. The molecule has 2 aliphatic carbocycles. The number of aryl methyl sites for hydroxylation is 3. The summed E-state index contributed by atoms with van der Waals surface area (Å²) in [6.07, 6.45) is 32.3. The minimum absolute atomic E-state index is 0.0425. The number of benzene rings is 3. The first-order chi connectivity index (χ1) is 60.2. The summed E-state index contributed by atoms with van der Waals surface area (Å²) in [4.78, 5) is 55.4. The minimum Gasteiger partial charge on any atom is -0.493 e. The highest BCUT2D eigenvalue weighted by molar-refractivity contribution is 6.75. The predicted molar refractivity (Wildman–Crippen MR) is 540 cm³/mol. The lowest BCUT2D eigenvalue weighted by Gasteiger charge is -2.36. The number of esters is 4. The van der Waals surface area contributed by atoms with Crippen LogP contribution in [0.3, 0.4) is 0 Å². The second kappa shape index (κ2) is 55.0. The second-order valence-corrected chi connectivity index (χ2v) is 61.9. The molecule has 2 aliphatic rings. The van der Waals surface area contributed by atoms with Gasteiger partial charge >= 0.3 is 23.9 Å². The van der Waals surface area contributed by atoms with Crippen molar-refractivity contribution in [2.24, 2.45) is 5.92 Å². The van der Waals surface area contributed by atoms with Crippen LogP contribution in [0.1, 0.15) is 321 Å². The van der Waals surface area contributed by atoms with Crippen LogP contribution in [0.2, 0.25) is 72.5 Å². The average molecular weight is 1840 g/mol. The molecule has 0 spiro atoms. The van der Waals surface area contributed by atoms with Crippen molar-refractivity contribution in [1.82, 2.24) is 0 Å². The van der Waals surface area contributed by atoms with Crippen molar-refractivity contribution in [2.45, 2.75) is 395 Å². The standard InChI is InChI=1S/C108H178O16Si4/c1-29-33-37-41-45-57-113-97-89-65-85(53-49-61-117-101(109)81(5)77-121-125(21,22)105(9,10)11)66-90(97)74-92-68-87(55-51-63-119-103(111)83(7)79-123-127(25,26)107(15,16)17)70-94(99(92)115-59-47-43-39-35-31-3)76-96-72-88(56-52-64-120-104(112)84(8)80-124-128(27,28)108(18,19)20)71-95(100(96)116-60-48-44-40-36-32-4)75-93-69-86(67-91(73-89)98(93)114-58-46-42-38-34-30-2)54-50-62-118-102(110)82(6)78-122-126(23,24)106(12,13)14/h65-72,89,97H,5-8,29-64,73-80H2,1-4,9-28H3. The maximum atomic E-state index is 13.9. The zero-order valence-corrected chi connectivity index (χ0v) is 89.2. The van der Waals surface area contributed by atoms with Crippen molar-refractivity contribution >= 4 is 57.1 Å². The molecule has 0 heterocycles. The van der Waals surface area contributed by atoms with Crippen LogP contribution < -0.4 is 14.2 Å². The summed E-state index contributed by atoms with van der Waals surface area (Å²) in [6, 6.07) is 14.0. The number of ether oxygens (including phenoxy) is 8. The van der Waals surface area contributed by atoms with Crippen LogP contribution in [0.15, 0.2) is 108 Å². The van der Waals surface area contributed by atoms with E-state index in [0.717, 1.165) is 207 Å². The molecule has 20 heteroatoms. The van der Waals surface area contributed by atoms with E-state index in [-0.39, 0.29) is 85.0 Å². The largest absolute Gasteiger partial charge is 0.493 e. The van der Waals surface area contributed by atoms with Crippen molar-refractivity contribution < 1.29 is 74.8 Å². The van der Waals surface area contributed by atoms with Gasteiger partial charge in [-0.1, -0.05) is 294 Å². The Kier molecular flexibility index (Phi) is 48.4. The highest BCUT2D eigenvalue weighted by Gasteiger charge is 2.42. The Morgan fingerprint density at radius 2 is 0.586 bits per heavy atom. The SMILES string of the molecule is C=C(CO[Si](C)(C)C(C)(C)C)C(=O)OCCCC1=CC2Cc3cc(CCCOC(=O)C(=C)CO[Si](C)(C)C(C)(C)C)cc(c3OCCCCCCC)Cc3cc(CCCOC(=O)C(=C)CO[Si](C)(C)C(C)(C)C)cc(c3OCCCCCCC)Cc3cc(CCCOC(=O)C(=C)CO[Si](C)(C)C(C)(C)C)cc(c3OCCCCCCC)CC(=C1)C2OCCCCCCC. The molecule has 5 rings (SSSR count). The normalized spacial score (nSPS) is 14.8. The summed E-state index contributed by atoms with van der Waals surface area (Å²) in [5.74, 6) is 0.521. The van der Waals surface area contributed by atoms with Crippen LogP contribution in [-0.2, 0) is 106 Å². The Morgan fingerprint density at radius 1 is 0.328 bits per heavy atom. The number of allylic oxidation sites excluding steroid dienone is 2. The Labute approximate surface area is 782 Å². The molecule has 0 saturated carbocycles. The molecule has 128 heavy (non-hydrogen) atoms. The zero-order valence-electron chi connectivity index (χ0n) is 85.2. The number of carbonyl (C=O) groups excluding carboxylic acids is 4. The van der Waals surface area contributed by atoms with E-state index >= 15 is 0 Å². The number of hydrogen-bond acceptors (Lipinski definition) is 16. The second-order valence-electron chi connectivity index (χ2n) is 42.7. The fourth-order valence-corrected chi connectivity index (χ4v) is 18.6. The lowest BCUT2D eigenvalue weighted by molar-refractivity contribution is -0.140. The molecule has 16 nitrogen and oxygen atoms in total. The van der Waals surface area contributed by atoms with Gasteiger partial charge < -0.3 is 55.6 Å². The smallest absolute Gasteiger partial charge is 0.335 e. The van der Waals surface area contributed by atoms with Crippen LogP contribution in [0.4, 0.5) is 0 Å². The van der Waals surface area contributed by atoms with Crippen molar-refractivity contribution in [3.05, 3.63) is 158 Å². The maximum absolute atomic E-state index is 13.9. The summed E-state index contributed by atoms with van der Waals surface area (Å²) in [6.45, 7) is 72.6. The first-order valence-corrected chi connectivity index (χ1v) is 61.1. The molecular formula is C108H178O16Si4. The summed E-state index contributed by atoms with van der Waals surface area (Å²) in [5, 5.41) is -0.174. The van der Waals surface area contributed by atoms with Gasteiger partial charge in [-0.2, -0.15) is 0 Å². The van der Waals surface area contributed by atoms with Gasteiger partial charge in [-0.3, -0.25) is 0 Å². The first kappa shape index (κ1) is 113. The van der Waals surface area contributed by atoms with Crippen LogP contribution in [0.25, 0.3) is 0 Å². The van der Waals surface area contributed by atoms with Crippen molar-refractivity contribution in [3.8, 4) is 17.2 Å². The minimum atomic E-state index is -2.19. The topological polar surface area (TPSA) is 179 Å². The predicted octanol–water partition coefficient (Wildman–Crippen LogP) is 27.9. The fourth-order valence-electron chi connectivity index (χ4n) is 14.8. The highest BCUT2D eigenvalue weighted by Crippen LogP contribution is 2.45. The summed E-state index contributed by atoms with van der Waals surface area (Å²) >= 11 is 0. The van der Waals surface area contributed by atoms with Crippen LogP contribution >= 0.6 is 0 Å². The Balaban J connectivity index is 1.90. The van der Waals surface area contributed by atoms with E-state index < -0.39 is 57.1 Å². The lowest BCUT2D eigenvalue weighted by atomic mass is 9.79. The van der Waals surface area contributed by atoms with Gasteiger partial charge in [-0.25, -0.2) is 19.2 Å². The summed E-state index contributed by atoms with van der Waals surface area (Å²) < 4.78 is 80.3. The molecule has 8 bridgehead atoms. The number of rotatable bonds is 60. The molecule has 3 aromatic carbocycles. The van der Waals surface area contributed by atoms with Crippen molar-refractivity contribution in [2.75, 3.05) is 79.3 Å². The number of carbonyl (C=O) groups is 4. The Morgan fingerprint density at radius 3 is 0.875 bits per heavy atom. The van der Waals surface area contributed by atoms with Gasteiger partial charge in [0.05, 0.1) is 101 Å². The van der Waals surface area contributed by atoms with E-state index in [2.05, 4.69) is 238 Å². The van der Waals surface area contributed by atoms with E-state index in [9.17, 15) is 19.2 Å². The molecule has 0 aliphatic heterocycles. The van der Waals surface area contributed by atoms with Gasteiger partial charge in [0.1, 0.15) is 17.2 Å². The molecular weight excluding hydrogens is 1670 g/mol. The van der Waals surface area contributed by atoms with Gasteiger partial charge in [-0.05, 0) is 218 Å². The molecule has 2 atom stereocenters. The molecule has 0 saturated heterocycles. The monoisotopic (exact) mass is 1840 g/mol. The van der Waals surface area contributed by atoms with Gasteiger partial charge in [0.2, 0.25) is 0 Å². The van der Waals surface area contributed by atoms with Crippen LogP contribution in [0.5, 0.6) is 17.2 Å². The quantitative estimate of drug-likeness (QED) is 0.0171. The van der Waals surface area contributed by atoms with E-state index in [1.807, 2.05) is 0 Å². The van der Waals surface area contributed by atoms with Gasteiger partial charge in [-0.15, -0.1) is 0 Å². The molecule has 0 aromatic heterocycles. The van der Waals surface area contributed by atoms with Gasteiger partial charge in [0, 0.05) is 25.4 Å². The van der Waals surface area contributed by atoms with Crippen LogP contribution in [0, 0.1) is 5.92 Å². The third kappa shape index (κ3) is 38.6. The maximum Gasteiger partial charge on any atom is 0.335 e. The summed E-state index contributed by atoms with van der Waals surface area (Å²) in [5.41, 5.74) is 12.9. The van der Waals surface area contributed by atoms with Gasteiger partial charge in [0.25, 0.3) is 0 Å². The van der Waals surface area contributed by atoms with Crippen molar-refractivity contribution in [3.63, 3.8) is 0 Å². The first-order valence-electron chi connectivity index (χ1n) is 49.5. The van der Waals surface area contributed by atoms with Gasteiger partial charge in [0.15, 0.2) is 33.3 Å². The third-order valence-corrected chi connectivity index (χ3v) is 45.2. The molecule has 0 radical (unpaired) electrons. The average Bonchev–Trinajstić information content (AvgIpc) is 0.769. The number of unbranched alkanes of at least 4 members (excludes halogenated alkanes) is 16. The van der Waals surface area contributed by atoms with E-state index in [4.69, 9.17) is 55.6 Å². The molecule has 0 amide bonds. The molecule has 722 valence electrons. The van der Waals surface area contributed by atoms with E-state index in [1.54, 1.807) is 0 Å². The number of hydrogen-bond donors (Lipinski definition) is 0. The van der Waals surface area contributed by atoms with E-state index in [0.29, 0.717) is 126 Å². The highest BCUT2D eigenvalue weighted by atomic mass is 28.4. The van der Waals surface area contributed by atoms with Crippen molar-refractivity contribution in [1.29, 1.82) is 0 Å². The lowest BCUT2D eigenvalue weighted by Crippen LogP contribution is -2.41. The third-order valence-electron chi connectivity index (χ3n) is 27.3. The van der Waals surface area contributed by atoms with Crippen LogP contribution in [-0.4, -0.2) is 143 Å².